The molecule has 1 fully saturated rings. The number of nitrogens with zero attached hydrogens (tertiary/aromatic N) is 1. The Kier molecular flexibility index (Phi) is 7.45. The summed E-state index contributed by atoms with van der Waals surface area (Å²) in [5.41, 5.74) is -2.16. The lowest BCUT2D eigenvalue weighted by Gasteiger charge is -2.32. The number of pyridine rings is 1. The van der Waals surface area contributed by atoms with Crippen molar-refractivity contribution in [3.8, 4) is 5.75 Å². The van der Waals surface area contributed by atoms with Crippen molar-refractivity contribution in [3.05, 3.63) is 53.1 Å². The fourth-order valence-corrected chi connectivity index (χ4v) is 4.39. The van der Waals surface area contributed by atoms with Gasteiger partial charge in [0.05, 0.1) is 18.9 Å². The second-order valence-corrected chi connectivity index (χ2v) is 8.90. The van der Waals surface area contributed by atoms with Gasteiger partial charge in [0, 0.05) is 34.8 Å². The van der Waals surface area contributed by atoms with Gasteiger partial charge in [-0.2, -0.15) is 13.2 Å². The number of nitrogens with one attached hydrogen (secondary N) is 1. The Morgan fingerprint density at radius 1 is 1.29 bits per heavy atom. The van der Waals surface area contributed by atoms with Crippen molar-refractivity contribution in [1.29, 1.82) is 0 Å². The predicted molar refractivity (Wildman–Crippen MR) is 118 cm³/mol. The summed E-state index contributed by atoms with van der Waals surface area (Å²) < 4.78 is 67.1. The maximum Gasteiger partial charge on any atom is 0.417 e. The van der Waals surface area contributed by atoms with Crippen LogP contribution < -0.4 is 10.1 Å². The molecule has 0 aliphatic carbocycles. The van der Waals surface area contributed by atoms with Gasteiger partial charge in [-0.3, -0.25) is 9.78 Å². The normalized spacial score (nSPS) is 26.3. The average Bonchev–Trinajstić information content (AvgIpc) is 3.07. The van der Waals surface area contributed by atoms with Gasteiger partial charge >= 0.3 is 6.18 Å². The molecule has 3 N–H and O–H groups in total. The highest BCUT2D eigenvalue weighted by Gasteiger charge is 2.65. The number of hydrogen-bond donors (Lipinski definition) is 3. The van der Waals surface area contributed by atoms with Crippen LogP contribution in [0.5, 0.6) is 5.75 Å². The number of carbonyl (C=O) groups is 1. The van der Waals surface area contributed by atoms with Crippen molar-refractivity contribution in [1.82, 2.24) is 4.98 Å². The number of alkyl halides is 3. The van der Waals surface area contributed by atoms with Crippen molar-refractivity contribution >= 4 is 11.6 Å². The number of benzene rings is 1. The molecule has 1 aliphatic rings. The van der Waals surface area contributed by atoms with Gasteiger partial charge in [-0.1, -0.05) is 13.0 Å². The summed E-state index contributed by atoms with van der Waals surface area (Å²) in [5.74, 6) is -3.79. The van der Waals surface area contributed by atoms with E-state index in [0.29, 0.717) is 0 Å². The number of ether oxygens (including phenoxy) is 2. The third-order valence-corrected chi connectivity index (χ3v) is 6.67. The summed E-state index contributed by atoms with van der Waals surface area (Å²) >= 11 is 0. The van der Waals surface area contributed by atoms with Crippen LogP contribution in [-0.4, -0.2) is 52.2 Å². The van der Waals surface area contributed by atoms with E-state index >= 15 is 0 Å². The minimum Gasteiger partial charge on any atom is -0.496 e. The Hall–Kier alpha value is -2.76. The van der Waals surface area contributed by atoms with Crippen LogP contribution >= 0.6 is 0 Å². The Bertz CT molecular complexity index is 1090. The zero-order chi connectivity index (χ0) is 26.3. The van der Waals surface area contributed by atoms with E-state index in [-0.39, 0.29) is 28.3 Å². The molecule has 192 valence electrons. The summed E-state index contributed by atoms with van der Waals surface area (Å²) in [6.07, 6.45) is -7.60. The summed E-state index contributed by atoms with van der Waals surface area (Å²) in [4.78, 5) is 17.2. The molecule has 7 nitrogen and oxygen atoms in total. The van der Waals surface area contributed by atoms with Crippen molar-refractivity contribution in [3.63, 3.8) is 0 Å². The molecule has 1 aromatic heterocycles. The molecule has 0 saturated carbocycles. The molecule has 2 aromatic rings. The monoisotopic (exact) mass is 500 g/mol. The number of hydrogen-bond acceptors (Lipinski definition) is 6. The van der Waals surface area contributed by atoms with E-state index in [4.69, 9.17) is 9.47 Å². The van der Waals surface area contributed by atoms with Crippen LogP contribution in [-0.2, 0) is 9.53 Å². The quantitative estimate of drug-likeness (QED) is 0.518. The Labute approximate surface area is 200 Å². The zero-order valence-electron chi connectivity index (χ0n) is 19.9. The highest BCUT2D eigenvalue weighted by Crippen LogP contribution is 2.55. The summed E-state index contributed by atoms with van der Waals surface area (Å²) in [7, 11) is 1.27. The number of amides is 1. The van der Waals surface area contributed by atoms with Gasteiger partial charge < -0.3 is 25.0 Å². The number of rotatable bonds is 6. The predicted octanol–water partition coefficient (Wildman–Crippen LogP) is 4.03. The summed E-state index contributed by atoms with van der Waals surface area (Å²) in [6.45, 7) is 4.99. The minimum atomic E-state index is -4.80. The molecule has 0 radical (unpaired) electrons. The average molecular weight is 500 g/mol. The van der Waals surface area contributed by atoms with Crippen molar-refractivity contribution in [2.24, 2.45) is 5.92 Å². The number of anilines is 1. The van der Waals surface area contributed by atoms with E-state index in [0.717, 1.165) is 13.0 Å². The first-order valence-corrected chi connectivity index (χ1v) is 10.9. The number of methoxy groups -OCH3 is 1. The second kappa shape index (κ2) is 9.71. The van der Waals surface area contributed by atoms with E-state index in [1.807, 2.05) is 0 Å². The number of aliphatic hydroxyl groups excluding tert-OH is 2. The van der Waals surface area contributed by atoms with E-state index in [1.165, 1.54) is 52.3 Å². The third-order valence-electron chi connectivity index (χ3n) is 6.67. The standard InChI is InChI=1S/C24H28F4N2O5/c1-11-16(25)7-6-15(20(11)34-5)18-12(2)23(4,24(26,27)28)35-21(18)22(33)30-14-8-9-29-17(10-14)19(32)13(3)31/h6-10,12-13,18-19,21,31-32H,1-5H3,(H,29,30,33)/t12-,13-,18-,19-,21+,23+/m0/s1. The summed E-state index contributed by atoms with van der Waals surface area (Å²) in [6, 6.07) is 5.10. The highest BCUT2D eigenvalue weighted by atomic mass is 19.4. The van der Waals surface area contributed by atoms with E-state index in [1.54, 1.807) is 0 Å². The van der Waals surface area contributed by atoms with Gasteiger partial charge in [-0.25, -0.2) is 4.39 Å². The van der Waals surface area contributed by atoms with Gasteiger partial charge in [0.25, 0.3) is 5.91 Å². The molecule has 35 heavy (non-hydrogen) atoms. The molecular weight excluding hydrogens is 472 g/mol. The van der Waals surface area contributed by atoms with Gasteiger partial charge in [-0.05, 0) is 39.0 Å². The molecule has 1 aromatic carbocycles. The molecule has 0 spiro atoms. The van der Waals surface area contributed by atoms with Crippen LogP contribution in [0.15, 0.2) is 30.5 Å². The second-order valence-electron chi connectivity index (χ2n) is 8.90. The molecule has 1 amide bonds. The zero-order valence-corrected chi connectivity index (χ0v) is 19.9. The molecule has 3 rings (SSSR count). The first-order chi connectivity index (χ1) is 16.2. The van der Waals surface area contributed by atoms with Gasteiger partial charge in [0.1, 0.15) is 23.8 Å². The van der Waals surface area contributed by atoms with E-state index in [2.05, 4.69) is 10.3 Å². The molecule has 1 saturated heterocycles. The first-order valence-electron chi connectivity index (χ1n) is 10.9. The fourth-order valence-electron chi connectivity index (χ4n) is 4.39. The van der Waals surface area contributed by atoms with Crippen LogP contribution in [0, 0.1) is 18.7 Å². The lowest BCUT2D eigenvalue weighted by Crippen LogP contribution is -2.47. The Morgan fingerprint density at radius 3 is 2.51 bits per heavy atom. The van der Waals surface area contributed by atoms with Gasteiger partial charge in [0.15, 0.2) is 5.60 Å². The van der Waals surface area contributed by atoms with Gasteiger partial charge in [-0.15, -0.1) is 0 Å². The number of carbonyl (C=O) groups excluding carboxylic acids is 1. The SMILES string of the molecule is COc1c([C@H]2[C@H](C(=O)Nc3ccnc([C@@H](O)[C@H](C)O)c3)O[C@@](C)(C(F)(F)F)[C@H]2C)ccc(F)c1C. The lowest BCUT2D eigenvalue weighted by atomic mass is 9.76. The lowest BCUT2D eigenvalue weighted by molar-refractivity contribution is -0.272. The first kappa shape index (κ1) is 26.8. The van der Waals surface area contributed by atoms with Crippen LogP contribution in [0.4, 0.5) is 23.2 Å². The molecule has 2 heterocycles. The van der Waals surface area contributed by atoms with Crippen LogP contribution in [0.3, 0.4) is 0 Å². The molecular formula is C24H28F4N2O5. The smallest absolute Gasteiger partial charge is 0.417 e. The number of halogens is 4. The van der Waals surface area contributed by atoms with Crippen molar-refractivity contribution < 1.29 is 42.0 Å². The number of aliphatic hydroxyl groups is 2. The minimum absolute atomic E-state index is 0.0425. The number of aromatic nitrogens is 1. The largest absolute Gasteiger partial charge is 0.496 e. The van der Waals surface area contributed by atoms with Crippen LogP contribution in [0.25, 0.3) is 0 Å². The molecule has 6 atom stereocenters. The maximum atomic E-state index is 14.2. The highest BCUT2D eigenvalue weighted by molar-refractivity contribution is 5.95. The molecule has 11 heteroatoms. The Balaban J connectivity index is 2.04. The Morgan fingerprint density at radius 2 is 1.94 bits per heavy atom. The molecule has 0 bridgehead atoms. The third kappa shape index (κ3) is 4.85. The molecule has 1 aliphatic heterocycles. The van der Waals surface area contributed by atoms with Crippen LogP contribution in [0.2, 0.25) is 0 Å². The molecule has 0 unspecified atom stereocenters. The van der Waals surface area contributed by atoms with Crippen molar-refractivity contribution in [2.45, 2.75) is 63.7 Å². The van der Waals surface area contributed by atoms with Gasteiger partial charge in [0.2, 0.25) is 0 Å². The fraction of sp³-hybridized carbons (Fsp3) is 0.500. The van der Waals surface area contributed by atoms with E-state index < -0.39 is 53.6 Å². The van der Waals surface area contributed by atoms with Crippen LogP contribution in [0.1, 0.15) is 49.6 Å². The summed E-state index contributed by atoms with van der Waals surface area (Å²) in [5, 5.41) is 22.1. The maximum absolute atomic E-state index is 14.2. The van der Waals surface area contributed by atoms with E-state index in [9.17, 15) is 32.6 Å². The topological polar surface area (TPSA) is 101 Å². The van der Waals surface area contributed by atoms with Crippen molar-refractivity contribution in [2.75, 3.05) is 12.4 Å².